The molecule has 1 atom stereocenters. The number of carbonyl (C=O) groups excluding carboxylic acids is 1. The number of rotatable bonds is 7. The molecule has 0 unspecified atom stereocenters. The molecule has 2 saturated heterocycles. The molecule has 0 saturated carbocycles. The lowest BCUT2D eigenvalue weighted by atomic mass is 10.0. The summed E-state index contributed by atoms with van der Waals surface area (Å²) in [6.45, 7) is 9.20. The Bertz CT molecular complexity index is 1180. The van der Waals surface area contributed by atoms with Crippen molar-refractivity contribution in [1.82, 2.24) is 24.1 Å². The number of aryl methyl sites for hydroxylation is 1. The van der Waals surface area contributed by atoms with Crippen LogP contribution in [0.5, 0.6) is 0 Å². The van der Waals surface area contributed by atoms with Crippen molar-refractivity contribution < 1.29 is 13.2 Å². The van der Waals surface area contributed by atoms with Crippen molar-refractivity contribution >= 4 is 37.5 Å². The molecule has 2 aromatic rings. The first-order valence-corrected chi connectivity index (χ1v) is 14.0. The second kappa shape index (κ2) is 9.81. The quantitative estimate of drug-likeness (QED) is 0.628. The lowest BCUT2D eigenvalue weighted by molar-refractivity contribution is -0.121. The minimum atomic E-state index is -3.81. The Morgan fingerprint density at radius 1 is 1.24 bits per heavy atom. The van der Waals surface area contributed by atoms with Crippen LogP contribution in [-0.4, -0.2) is 71.8 Å². The standard InChI is InChI=1S/C22H33N5O4S2/c1-4-25-9-5-6-17(25)12-23-18(28)13-26-14-24-21-19(22(26)29)20(16(3)32-21)33(30,31)27-10-7-15(2)8-11-27/h14-15,17H,4-13H2,1-3H3,(H,23,28)/t17-/m1/s1. The molecule has 4 rings (SSSR count). The zero-order valence-corrected chi connectivity index (χ0v) is 21.2. The number of hydrogen-bond donors (Lipinski definition) is 1. The molecule has 0 aliphatic carbocycles. The minimum Gasteiger partial charge on any atom is -0.353 e. The molecule has 1 N–H and O–H groups in total. The molecule has 2 fully saturated rings. The Hall–Kier alpha value is -1.82. The van der Waals surface area contributed by atoms with Crippen molar-refractivity contribution in [3.05, 3.63) is 21.6 Å². The fourth-order valence-corrected chi connectivity index (χ4v) is 8.01. The number of fused-ring (bicyclic) bond motifs is 1. The molecular weight excluding hydrogens is 462 g/mol. The van der Waals surface area contributed by atoms with Gasteiger partial charge in [0.05, 0.1) is 11.7 Å². The van der Waals surface area contributed by atoms with E-state index < -0.39 is 15.6 Å². The third kappa shape index (κ3) is 4.87. The summed E-state index contributed by atoms with van der Waals surface area (Å²) in [7, 11) is -3.81. The van der Waals surface area contributed by atoms with Crippen molar-refractivity contribution in [2.45, 2.75) is 63.9 Å². The first kappa shape index (κ1) is 24.3. The number of carbonyl (C=O) groups is 1. The molecule has 0 bridgehead atoms. The molecule has 4 heterocycles. The Labute approximate surface area is 198 Å². The summed E-state index contributed by atoms with van der Waals surface area (Å²) in [6.07, 6.45) is 5.12. The molecule has 2 aliphatic heterocycles. The summed E-state index contributed by atoms with van der Waals surface area (Å²) in [5, 5.41) is 3.02. The molecule has 11 heteroatoms. The Balaban J connectivity index is 1.57. The van der Waals surface area contributed by atoms with Crippen LogP contribution >= 0.6 is 11.3 Å². The number of likely N-dealkylation sites (N-methyl/N-ethyl adjacent to an activating group) is 1. The van der Waals surface area contributed by atoms with Gasteiger partial charge in [-0.2, -0.15) is 4.31 Å². The van der Waals surface area contributed by atoms with Gasteiger partial charge in [-0.05, 0) is 51.6 Å². The van der Waals surface area contributed by atoms with E-state index in [1.165, 1.54) is 26.5 Å². The van der Waals surface area contributed by atoms with E-state index >= 15 is 0 Å². The van der Waals surface area contributed by atoms with Gasteiger partial charge in [-0.15, -0.1) is 11.3 Å². The zero-order valence-electron chi connectivity index (χ0n) is 19.5. The topological polar surface area (TPSA) is 105 Å². The number of likely N-dealkylation sites (tertiary alicyclic amines) is 1. The highest BCUT2D eigenvalue weighted by Gasteiger charge is 2.33. The van der Waals surface area contributed by atoms with Crippen LogP contribution in [0.2, 0.25) is 0 Å². The fraction of sp³-hybridized carbons (Fsp3) is 0.682. The number of sulfonamides is 1. The van der Waals surface area contributed by atoms with Crippen LogP contribution in [-0.2, 0) is 21.4 Å². The maximum absolute atomic E-state index is 13.5. The van der Waals surface area contributed by atoms with E-state index in [4.69, 9.17) is 0 Å². The normalized spacial score (nSPS) is 21.1. The molecule has 2 aliphatic rings. The third-order valence-electron chi connectivity index (χ3n) is 6.89. The lowest BCUT2D eigenvalue weighted by Crippen LogP contribution is -2.42. The van der Waals surface area contributed by atoms with Gasteiger partial charge >= 0.3 is 0 Å². The number of amides is 1. The smallest absolute Gasteiger partial charge is 0.263 e. The second-order valence-corrected chi connectivity index (χ2v) is 12.2. The van der Waals surface area contributed by atoms with E-state index in [-0.39, 0.29) is 22.7 Å². The number of piperidine rings is 1. The van der Waals surface area contributed by atoms with Gasteiger partial charge in [-0.1, -0.05) is 13.8 Å². The molecule has 182 valence electrons. The van der Waals surface area contributed by atoms with Gasteiger partial charge < -0.3 is 5.32 Å². The highest BCUT2D eigenvalue weighted by molar-refractivity contribution is 7.89. The van der Waals surface area contributed by atoms with Crippen molar-refractivity contribution in [2.24, 2.45) is 5.92 Å². The highest BCUT2D eigenvalue weighted by atomic mass is 32.2. The summed E-state index contributed by atoms with van der Waals surface area (Å²) in [4.78, 5) is 33.5. The van der Waals surface area contributed by atoms with E-state index in [9.17, 15) is 18.0 Å². The van der Waals surface area contributed by atoms with Gasteiger partial charge in [-0.25, -0.2) is 13.4 Å². The summed E-state index contributed by atoms with van der Waals surface area (Å²) < 4.78 is 29.6. The van der Waals surface area contributed by atoms with Crippen LogP contribution in [0.4, 0.5) is 0 Å². The van der Waals surface area contributed by atoms with Gasteiger partial charge in [0, 0.05) is 30.6 Å². The number of nitrogens with zero attached hydrogens (tertiary/aromatic N) is 4. The predicted molar refractivity (Wildman–Crippen MR) is 129 cm³/mol. The Morgan fingerprint density at radius 2 is 1.97 bits per heavy atom. The van der Waals surface area contributed by atoms with E-state index in [1.807, 2.05) is 0 Å². The molecule has 9 nitrogen and oxygen atoms in total. The fourth-order valence-electron chi connectivity index (χ4n) is 4.88. The van der Waals surface area contributed by atoms with Gasteiger partial charge in [-0.3, -0.25) is 19.1 Å². The summed E-state index contributed by atoms with van der Waals surface area (Å²) in [6, 6.07) is 0.319. The number of aromatic nitrogens is 2. The SMILES string of the molecule is CCN1CCC[C@@H]1CNC(=O)Cn1cnc2sc(C)c(S(=O)(=O)N3CCC(C)CC3)c2c1=O. The van der Waals surface area contributed by atoms with Crippen molar-refractivity contribution in [3.8, 4) is 0 Å². The van der Waals surface area contributed by atoms with Crippen molar-refractivity contribution in [1.29, 1.82) is 0 Å². The van der Waals surface area contributed by atoms with Gasteiger partial charge in [0.2, 0.25) is 15.9 Å². The first-order valence-electron chi connectivity index (χ1n) is 11.7. The summed E-state index contributed by atoms with van der Waals surface area (Å²) in [5.41, 5.74) is -0.487. The van der Waals surface area contributed by atoms with Crippen LogP contribution in [0.1, 0.15) is 44.4 Å². The zero-order chi connectivity index (χ0) is 23.8. The van der Waals surface area contributed by atoms with Crippen molar-refractivity contribution in [3.63, 3.8) is 0 Å². The lowest BCUT2D eigenvalue weighted by Gasteiger charge is -2.29. The summed E-state index contributed by atoms with van der Waals surface area (Å²) in [5.74, 6) is 0.213. The van der Waals surface area contributed by atoms with E-state index in [1.54, 1.807) is 6.92 Å². The molecule has 1 amide bonds. The Kier molecular flexibility index (Phi) is 7.23. The molecule has 0 radical (unpaired) electrons. The largest absolute Gasteiger partial charge is 0.353 e. The summed E-state index contributed by atoms with van der Waals surface area (Å²) >= 11 is 1.21. The Morgan fingerprint density at radius 3 is 2.67 bits per heavy atom. The molecule has 2 aromatic heterocycles. The van der Waals surface area contributed by atoms with Gasteiger partial charge in [0.15, 0.2) is 0 Å². The maximum atomic E-state index is 13.5. The van der Waals surface area contributed by atoms with Crippen LogP contribution in [0.25, 0.3) is 10.2 Å². The van der Waals surface area contributed by atoms with E-state index in [0.29, 0.717) is 41.3 Å². The maximum Gasteiger partial charge on any atom is 0.263 e. The molecular formula is C22H33N5O4S2. The number of nitrogens with one attached hydrogen (secondary N) is 1. The average Bonchev–Trinajstić information content (AvgIpc) is 3.38. The van der Waals surface area contributed by atoms with Gasteiger partial charge in [0.25, 0.3) is 5.56 Å². The molecule has 33 heavy (non-hydrogen) atoms. The predicted octanol–water partition coefficient (Wildman–Crippen LogP) is 1.79. The van der Waals surface area contributed by atoms with Crippen LogP contribution in [0.3, 0.4) is 0 Å². The first-order chi connectivity index (χ1) is 15.7. The highest BCUT2D eigenvalue weighted by Crippen LogP contribution is 2.34. The third-order valence-corrected chi connectivity index (χ3v) is 10.1. The number of hydrogen-bond acceptors (Lipinski definition) is 7. The van der Waals surface area contributed by atoms with Crippen LogP contribution in [0, 0.1) is 12.8 Å². The monoisotopic (exact) mass is 495 g/mol. The van der Waals surface area contributed by atoms with Crippen LogP contribution in [0.15, 0.2) is 16.0 Å². The van der Waals surface area contributed by atoms with E-state index in [0.717, 1.165) is 38.8 Å². The minimum absolute atomic E-state index is 0.0499. The number of thiophene rings is 1. The van der Waals surface area contributed by atoms with Gasteiger partial charge in [0.1, 0.15) is 16.3 Å². The molecule has 0 spiro atoms. The van der Waals surface area contributed by atoms with E-state index in [2.05, 4.69) is 29.0 Å². The van der Waals surface area contributed by atoms with Crippen LogP contribution < -0.4 is 10.9 Å². The average molecular weight is 496 g/mol. The molecule has 0 aromatic carbocycles. The van der Waals surface area contributed by atoms with Crippen molar-refractivity contribution in [2.75, 3.05) is 32.7 Å². The second-order valence-electron chi connectivity index (χ2n) is 9.16.